The van der Waals surface area contributed by atoms with Crippen LogP contribution in [0.5, 0.6) is 0 Å². The topological polar surface area (TPSA) is 108 Å². The van der Waals surface area contributed by atoms with Crippen molar-refractivity contribution in [3.05, 3.63) is 62.9 Å². The van der Waals surface area contributed by atoms with E-state index < -0.39 is 11.5 Å². The standard InChI is InChI=1S/C19H18N4O4/c1-10-15(16-18(26)21-9-22-19(16)27-10)17(25)20-7-11-4-3-5-12-8-23(2)14(24)6-13(11)12/h3-5,9H,6-8H2,1-2H3,(H,20,25)(H,21,22,26). The number of H-pyrrole nitrogens is 1. The molecule has 0 spiro atoms. The van der Waals surface area contributed by atoms with Crippen molar-refractivity contribution in [3.63, 3.8) is 0 Å². The number of amides is 2. The van der Waals surface area contributed by atoms with Gasteiger partial charge in [-0.15, -0.1) is 0 Å². The molecule has 3 heterocycles. The molecule has 3 aromatic rings. The highest BCUT2D eigenvalue weighted by Gasteiger charge is 2.24. The summed E-state index contributed by atoms with van der Waals surface area (Å²) in [7, 11) is 1.78. The van der Waals surface area contributed by atoms with Gasteiger partial charge in [-0.1, -0.05) is 18.2 Å². The number of aromatic nitrogens is 2. The van der Waals surface area contributed by atoms with E-state index in [9.17, 15) is 14.4 Å². The molecule has 138 valence electrons. The number of aromatic amines is 1. The van der Waals surface area contributed by atoms with Gasteiger partial charge in [0.05, 0.1) is 18.3 Å². The summed E-state index contributed by atoms with van der Waals surface area (Å²) in [6, 6.07) is 5.80. The molecule has 0 bridgehead atoms. The first-order valence-corrected chi connectivity index (χ1v) is 8.54. The summed E-state index contributed by atoms with van der Waals surface area (Å²) < 4.78 is 5.43. The van der Waals surface area contributed by atoms with Gasteiger partial charge in [0.1, 0.15) is 11.1 Å². The highest BCUT2D eigenvalue weighted by molar-refractivity contribution is 6.06. The van der Waals surface area contributed by atoms with E-state index >= 15 is 0 Å². The molecule has 4 rings (SSSR count). The van der Waals surface area contributed by atoms with Crippen molar-refractivity contribution < 1.29 is 14.0 Å². The van der Waals surface area contributed by atoms with E-state index in [4.69, 9.17) is 4.42 Å². The zero-order chi connectivity index (χ0) is 19.1. The molecule has 2 amide bonds. The Balaban J connectivity index is 1.62. The second-order valence-electron chi connectivity index (χ2n) is 6.61. The van der Waals surface area contributed by atoms with Gasteiger partial charge in [0, 0.05) is 20.1 Å². The number of likely N-dealkylation sites (N-methyl/N-ethyl adjacent to an activating group) is 1. The number of fused-ring (bicyclic) bond motifs is 2. The molecule has 0 atom stereocenters. The summed E-state index contributed by atoms with van der Waals surface area (Å²) >= 11 is 0. The lowest BCUT2D eigenvalue weighted by molar-refractivity contribution is -0.130. The molecule has 8 nitrogen and oxygen atoms in total. The van der Waals surface area contributed by atoms with E-state index in [1.54, 1.807) is 18.9 Å². The molecule has 1 aromatic carbocycles. The van der Waals surface area contributed by atoms with Crippen molar-refractivity contribution >= 4 is 22.9 Å². The number of furan rings is 1. The van der Waals surface area contributed by atoms with Crippen LogP contribution < -0.4 is 10.9 Å². The van der Waals surface area contributed by atoms with Crippen molar-refractivity contribution in [2.45, 2.75) is 26.4 Å². The Hall–Kier alpha value is -3.42. The number of hydrogen-bond acceptors (Lipinski definition) is 5. The monoisotopic (exact) mass is 366 g/mol. The number of benzene rings is 1. The second kappa shape index (κ2) is 6.39. The third-order valence-electron chi connectivity index (χ3n) is 4.87. The number of carbonyl (C=O) groups excluding carboxylic acids is 2. The predicted octanol–water partition coefficient (Wildman–Crippen LogP) is 1.27. The van der Waals surface area contributed by atoms with Crippen molar-refractivity contribution in [2.75, 3.05) is 7.05 Å². The molecule has 0 fully saturated rings. The zero-order valence-electron chi connectivity index (χ0n) is 15.0. The van der Waals surface area contributed by atoms with Crippen LogP contribution >= 0.6 is 0 Å². The van der Waals surface area contributed by atoms with Crippen LogP contribution in [0, 0.1) is 6.92 Å². The summed E-state index contributed by atoms with van der Waals surface area (Å²) in [6.45, 7) is 2.43. The van der Waals surface area contributed by atoms with Gasteiger partial charge >= 0.3 is 0 Å². The largest absolute Gasteiger partial charge is 0.442 e. The Morgan fingerprint density at radius 3 is 3.00 bits per heavy atom. The van der Waals surface area contributed by atoms with E-state index in [0.717, 1.165) is 16.7 Å². The zero-order valence-corrected chi connectivity index (χ0v) is 15.0. The van der Waals surface area contributed by atoms with Crippen LogP contribution in [0.15, 0.2) is 33.7 Å². The Kier molecular flexibility index (Phi) is 4.02. The lowest BCUT2D eigenvalue weighted by atomic mass is 9.94. The van der Waals surface area contributed by atoms with Crippen molar-refractivity contribution in [2.24, 2.45) is 0 Å². The smallest absolute Gasteiger partial charge is 0.262 e. The van der Waals surface area contributed by atoms with Crippen molar-refractivity contribution in [3.8, 4) is 0 Å². The molecular formula is C19H18N4O4. The molecule has 27 heavy (non-hydrogen) atoms. The number of nitrogens with one attached hydrogen (secondary N) is 2. The Morgan fingerprint density at radius 2 is 2.19 bits per heavy atom. The van der Waals surface area contributed by atoms with Gasteiger partial charge in [-0.3, -0.25) is 14.4 Å². The third-order valence-corrected chi connectivity index (χ3v) is 4.87. The van der Waals surface area contributed by atoms with Crippen molar-refractivity contribution in [1.29, 1.82) is 0 Å². The molecule has 0 saturated carbocycles. The summed E-state index contributed by atoms with van der Waals surface area (Å²) in [6.07, 6.45) is 1.55. The fraction of sp³-hybridized carbons (Fsp3) is 0.263. The van der Waals surface area contributed by atoms with Gasteiger partial charge in [-0.05, 0) is 23.6 Å². The SMILES string of the molecule is Cc1oc2nc[nH]c(=O)c2c1C(=O)NCc1cccc2c1CC(=O)N(C)C2. The Morgan fingerprint density at radius 1 is 1.37 bits per heavy atom. The molecule has 0 aliphatic carbocycles. The average Bonchev–Trinajstić information content (AvgIpc) is 2.98. The van der Waals surface area contributed by atoms with E-state index in [1.807, 2.05) is 18.2 Å². The molecule has 0 unspecified atom stereocenters. The fourth-order valence-electron chi connectivity index (χ4n) is 3.45. The highest BCUT2D eigenvalue weighted by atomic mass is 16.3. The fourth-order valence-corrected chi connectivity index (χ4v) is 3.45. The first kappa shape index (κ1) is 17.0. The maximum atomic E-state index is 12.7. The molecule has 1 aliphatic heterocycles. The van der Waals surface area contributed by atoms with Gasteiger partial charge in [0.15, 0.2) is 0 Å². The third kappa shape index (κ3) is 2.88. The normalized spacial score (nSPS) is 13.7. The minimum Gasteiger partial charge on any atom is -0.442 e. The number of rotatable bonds is 3. The van der Waals surface area contributed by atoms with Gasteiger partial charge in [-0.2, -0.15) is 0 Å². The van der Waals surface area contributed by atoms with Crippen LogP contribution in [0.4, 0.5) is 0 Å². The van der Waals surface area contributed by atoms with Gasteiger partial charge in [0.25, 0.3) is 11.5 Å². The quantitative estimate of drug-likeness (QED) is 0.726. The van der Waals surface area contributed by atoms with Crippen LogP contribution in [-0.2, 0) is 24.3 Å². The Labute approximate surface area is 154 Å². The summed E-state index contributed by atoms with van der Waals surface area (Å²) in [5.41, 5.74) is 2.81. The van der Waals surface area contributed by atoms with E-state index in [0.29, 0.717) is 18.7 Å². The highest BCUT2D eigenvalue weighted by Crippen LogP contribution is 2.23. The minimum absolute atomic E-state index is 0.0514. The van der Waals surface area contributed by atoms with E-state index in [2.05, 4.69) is 15.3 Å². The number of nitrogens with zero attached hydrogens (tertiary/aromatic N) is 2. The second-order valence-corrected chi connectivity index (χ2v) is 6.61. The molecule has 0 radical (unpaired) electrons. The maximum absolute atomic E-state index is 12.7. The van der Waals surface area contributed by atoms with Crippen LogP contribution in [0.3, 0.4) is 0 Å². The van der Waals surface area contributed by atoms with E-state index in [1.165, 1.54) is 6.33 Å². The molecule has 1 aliphatic rings. The van der Waals surface area contributed by atoms with Crippen LogP contribution in [0.2, 0.25) is 0 Å². The molecule has 0 saturated heterocycles. The Bertz CT molecular complexity index is 1130. The molecule has 2 N–H and O–H groups in total. The molecule has 2 aromatic heterocycles. The first-order chi connectivity index (χ1) is 13.0. The van der Waals surface area contributed by atoms with Gasteiger partial charge in [-0.25, -0.2) is 4.98 Å². The lowest BCUT2D eigenvalue weighted by Gasteiger charge is -2.26. The van der Waals surface area contributed by atoms with Crippen LogP contribution in [0.1, 0.15) is 32.8 Å². The van der Waals surface area contributed by atoms with E-state index in [-0.39, 0.29) is 29.1 Å². The summed E-state index contributed by atoms with van der Waals surface area (Å²) in [5.74, 6) is -0.0317. The molecular weight excluding hydrogens is 348 g/mol. The number of aryl methyl sites for hydroxylation is 1. The van der Waals surface area contributed by atoms with Gasteiger partial charge in [0.2, 0.25) is 11.6 Å². The average molecular weight is 366 g/mol. The lowest BCUT2D eigenvalue weighted by Crippen LogP contribution is -2.34. The summed E-state index contributed by atoms with van der Waals surface area (Å²) in [5, 5.41) is 2.97. The van der Waals surface area contributed by atoms with Crippen LogP contribution in [-0.4, -0.2) is 33.7 Å². The minimum atomic E-state index is -0.423. The van der Waals surface area contributed by atoms with Crippen molar-refractivity contribution in [1.82, 2.24) is 20.2 Å². The number of carbonyl (C=O) groups is 2. The van der Waals surface area contributed by atoms with Crippen LogP contribution in [0.25, 0.3) is 11.1 Å². The molecule has 8 heteroatoms. The first-order valence-electron chi connectivity index (χ1n) is 8.54. The predicted molar refractivity (Wildman–Crippen MR) is 97.2 cm³/mol. The maximum Gasteiger partial charge on any atom is 0.262 e. The number of hydrogen-bond donors (Lipinski definition) is 2. The van der Waals surface area contributed by atoms with Gasteiger partial charge < -0.3 is 19.6 Å². The summed E-state index contributed by atoms with van der Waals surface area (Å²) in [4.78, 5) is 44.9.